The lowest BCUT2D eigenvalue weighted by Crippen LogP contribution is -2.22. The number of aryl methyl sites for hydroxylation is 2. The number of aromatic nitrogens is 2. The summed E-state index contributed by atoms with van der Waals surface area (Å²) >= 11 is 1.39. The third kappa shape index (κ3) is 3.96. The van der Waals surface area contributed by atoms with Crippen LogP contribution in [0.25, 0.3) is 32.3 Å². The molecule has 5 rings (SSSR count). The highest BCUT2D eigenvalue weighted by molar-refractivity contribution is 7.16. The zero-order chi connectivity index (χ0) is 22.9. The summed E-state index contributed by atoms with van der Waals surface area (Å²) in [4.78, 5) is 42.8. The molecule has 0 N–H and O–H groups in total. The van der Waals surface area contributed by atoms with Gasteiger partial charge in [-0.3, -0.25) is 19.0 Å². The smallest absolute Gasteiger partial charge is 0.312 e. The van der Waals surface area contributed by atoms with Crippen molar-refractivity contribution in [2.45, 2.75) is 19.9 Å². The second-order valence-electron chi connectivity index (χ2n) is 7.49. The van der Waals surface area contributed by atoms with E-state index in [1.54, 1.807) is 30.5 Å². The van der Waals surface area contributed by atoms with Gasteiger partial charge in [0.2, 0.25) is 5.43 Å². The number of rotatable bonds is 5. The highest BCUT2D eigenvalue weighted by atomic mass is 32.1. The monoisotopic (exact) mass is 458 g/mol. The molecule has 0 atom stereocenters. The second kappa shape index (κ2) is 8.48. The minimum absolute atomic E-state index is 0.00874. The molecule has 0 aliphatic carbocycles. The van der Waals surface area contributed by atoms with Crippen molar-refractivity contribution in [3.63, 3.8) is 0 Å². The number of benzene rings is 2. The summed E-state index contributed by atoms with van der Waals surface area (Å²) in [7, 11) is 0. The summed E-state index contributed by atoms with van der Waals surface area (Å²) in [6, 6.07) is 15.7. The van der Waals surface area contributed by atoms with Gasteiger partial charge in [0.15, 0.2) is 0 Å². The van der Waals surface area contributed by atoms with E-state index in [1.807, 2.05) is 30.3 Å². The molecule has 0 saturated carbocycles. The number of carbonyl (C=O) groups is 1. The zero-order valence-electron chi connectivity index (χ0n) is 17.6. The van der Waals surface area contributed by atoms with Gasteiger partial charge in [-0.25, -0.2) is 4.98 Å². The molecule has 0 unspecified atom stereocenters. The molecule has 2 aromatic carbocycles. The lowest BCUT2D eigenvalue weighted by atomic mass is 10.0. The van der Waals surface area contributed by atoms with Crippen LogP contribution in [0.3, 0.4) is 0 Å². The first-order chi connectivity index (χ1) is 16.0. The normalized spacial score (nSPS) is 11.2. The predicted molar refractivity (Wildman–Crippen MR) is 127 cm³/mol. The summed E-state index contributed by atoms with van der Waals surface area (Å²) in [6.07, 6.45) is 1.43. The molecule has 0 spiro atoms. The average molecular weight is 458 g/mol. The maximum atomic E-state index is 13.0. The first-order valence-corrected chi connectivity index (χ1v) is 11.2. The van der Waals surface area contributed by atoms with Gasteiger partial charge in [-0.2, -0.15) is 0 Å². The molecule has 0 aliphatic rings. The van der Waals surface area contributed by atoms with Gasteiger partial charge >= 0.3 is 5.97 Å². The number of fused-ring (bicyclic) bond motifs is 2. The molecule has 0 radical (unpaired) electrons. The Balaban J connectivity index is 1.35. The van der Waals surface area contributed by atoms with Crippen molar-refractivity contribution in [2.24, 2.45) is 0 Å². The van der Waals surface area contributed by atoms with Crippen molar-refractivity contribution in [3.8, 4) is 16.9 Å². The number of thiophene rings is 1. The number of carbonyl (C=O) groups excluding carboxylic acids is 1. The SMILES string of the molecule is Cc1oc2cc(OC(=O)CCn3cnc4sccc4c3=O)ccc2c(=O)c1-c1ccccc1. The number of ether oxygens (including phenoxy) is 1. The summed E-state index contributed by atoms with van der Waals surface area (Å²) in [5.74, 6) is 0.241. The van der Waals surface area contributed by atoms with Gasteiger partial charge in [-0.05, 0) is 36.1 Å². The van der Waals surface area contributed by atoms with Crippen molar-refractivity contribution in [3.05, 3.63) is 92.6 Å². The number of nitrogens with zero attached hydrogens (tertiary/aromatic N) is 2. The largest absolute Gasteiger partial charge is 0.460 e. The van der Waals surface area contributed by atoms with Gasteiger partial charge in [0.25, 0.3) is 5.56 Å². The van der Waals surface area contributed by atoms with Gasteiger partial charge in [-0.15, -0.1) is 11.3 Å². The van der Waals surface area contributed by atoms with Gasteiger partial charge in [0.05, 0.1) is 29.1 Å². The molecule has 3 aromatic heterocycles. The molecule has 7 nitrogen and oxygen atoms in total. The summed E-state index contributed by atoms with van der Waals surface area (Å²) < 4.78 is 12.7. The Hall–Kier alpha value is -4.04. The van der Waals surface area contributed by atoms with E-state index >= 15 is 0 Å². The van der Waals surface area contributed by atoms with E-state index in [2.05, 4.69) is 4.98 Å². The van der Waals surface area contributed by atoms with Gasteiger partial charge in [0.1, 0.15) is 21.9 Å². The van der Waals surface area contributed by atoms with Crippen molar-refractivity contribution in [1.82, 2.24) is 9.55 Å². The van der Waals surface area contributed by atoms with E-state index in [0.29, 0.717) is 32.5 Å². The van der Waals surface area contributed by atoms with Crippen LogP contribution in [-0.2, 0) is 11.3 Å². The highest BCUT2D eigenvalue weighted by Crippen LogP contribution is 2.26. The molecule has 0 aliphatic heterocycles. The zero-order valence-corrected chi connectivity index (χ0v) is 18.4. The van der Waals surface area contributed by atoms with Crippen LogP contribution in [0.1, 0.15) is 12.2 Å². The molecular weight excluding hydrogens is 440 g/mol. The second-order valence-corrected chi connectivity index (χ2v) is 8.39. The molecular formula is C25H18N2O5S. The van der Waals surface area contributed by atoms with Gasteiger partial charge in [0, 0.05) is 12.6 Å². The lowest BCUT2D eigenvalue weighted by Gasteiger charge is -2.09. The van der Waals surface area contributed by atoms with Gasteiger partial charge < -0.3 is 9.15 Å². The van der Waals surface area contributed by atoms with Crippen LogP contribution in [0.5, 0.6) is 5.75 Å². The third-order valence-electron chi connectivity index (χ3n) is 5.34. The van der Waals surface area contributed by atoms with Crippen molar-refractivity contribution >= 4 is 38.5 Å². The standard InChI is InChI=1S/C25H18N2O5S/c1-15-22(16-5-3-2-4-6-16)23(29)18-8-7-17(13-20(18)31-15)32-21(28)9-11-27-14-26-24-19(25(27)30)10-12-33-24/h2-8,10,12-14H,9,11H2,1H3. The topological polar surface area (TPSA) is 91.4 Å². The minimum atomic E-state index is -0.508. The molecule has 3 heterocycles. The fourth-order valence-corrected chi connectivity index (χ4v) is 4.46. The number of hydrogen-bond donors (Lipinski definition) is 0. The Bertz CT molecular complexity index is 1620. The summed E-state index contributed by atoms with van der Waals surface area (Å²) in [5, 5.41) is 2.74. The molecule has 0 saturated heterocycles. The summed E-state index contributed by atoms with van der Waals surface area (Å²) in [5.41, 5.74) is 1.30. The maximum absolute atomic E-state index is 13.0. The van der Waals surface area contributed by atoms with Crippen LogP contribution in [0.4, 0.5) is 0 Å². The Labute approximate surface area is 191 Å². The lowest BCUT2D eigenvalue weighted by molar-refractivity contribution is -0.134. The fraction of sp³-hybridized carbons (Fsp3) is 0.120. The molecule has 0 fully saturated rings. The molecule has 33 heavy (non-hydrogen) atoms. The van der Waals surface area contributed by atoms with Crippen molar-refractivity contribution in [1.29, 1.82) is 0 Å². The van der Waals surface area contributed by atoms with Crippen molar-refractivity contribution in [2.75, 3.05) is 0 Å². The third-order valence-corrected chi connectivity index (χ3v) is 6.16. The van der Waals surface area contributed by atoms with Gasteiger partial charge in [-0.1, -0.05) is 30.3 Å². The molecule has 5 aromatic rings. The minimum Gasteiger partial charge on any atom is -0.460 e. The number of esters is 1. The van der Waals surface area contributed by atoms with Crippen LogP contribution in [0, 0.1) is 6.92 Å². The summed E-state index contributed by atoms with van der Waals surface area (Å²) in [6.45, 7) is 1.89. The Morgan fingerprint density at radius 2 is 1.91 bits per heavy atom. The number of hydrogen-bond acceptors (Lipinski definition) is 7. The quantitative estimate of drug-likeness (QED) is 0.284. The molecule has 0 bridgehead atoms. The van der Waals surface area contributed by atoms with Crippen LogP contribution in [0.2, 0.25) is 0 Å². The predicted octanol–water partition coefficient (Wildman–Crippen LogP) is 4.54. The molecule has 164 valence electrons. The average Bonchev–Trinajstić information content (AvgIpc) is 3.29. The van der Waals surface area contributed by atoms with E-state index in [9.17, 15) is 14.4 Å². The Morgan fingerprint density at radius 1 is 1.09 bits per heavy atom. The van der Waals surface area contributed by atoms with Crippen LogP contribution in [0.15, 0.2) is 80.3 Å². The van der Waals surface area contributed by atoms with E-state index < -0.39 is 5.97 Å². The Kier molecular flexibility index (Phi) is 5.35. The van der Waals surface area contributed by atoms with Crippen molar-refractivity contribution < 1.29 is 13.9 Å². The highest BCUT2D eigenvalue weighted by Gasteiger charge is 2.15. The van der Waals surface area contributed by atoms with E-state index in [0.717, 1.165) is 5.56 Å². The van der Waals surface area contributed by atoms with Crippen LogP contribution >= 0.6 is 11.3 Å². The van der Waals surface area contributed by atoms with Crippen LogP contribution in [-0.4, -0.2) is 15.5 Å². The van der Waals surface area contributed by atoms with E-state index in [4.69, 9.17) is 9.15 Å². The van der Waals surface area contributed by atoms with Crippen LogP contribution < -0.4 is 15.7 Å². The molecule has 8 heteroatoms. The maximum Gasteiger partial charge on any atom is 0.312 e. The first-order valence-electron chi connectivity index (χ1n) is 10.3. The van der Waals surface area contributed by atoms with E-state index in [-0.39, 0.29) is 29.7 Å². The molecule has 0 amide bonds. The Morgan fingerprint density at radius 3 is 2.73 bits per heavy atom. The van der Waals surface area contributed by atoms with E-state index in [1.165, 1.54) is 28.3 Å². The first kappa shape index (κ1) is 20.8. The fourth-order valence-electron chi connectivity index (χ4n) is 3.73.